The molecule has 0 aliphatic rings. The van der Waals surface area contributed by atoms with Crippen molar-refractivity contribution in [3.8, 4) is 11.3 Å². The highest BCUT2D eigenvalue weighted by molar-refractivity contribution is 7.25. The summed E-state index contributed by atoms with van der Waals surface area (Å²) in [4.78, 5) is 10.6. The van der Waals surface area contributed by atoms with E-state index in [1.807, 2.05) is 6.07 Å². The number of rotatable bonds is 2. The lowest BCUT2D eigenvalue weighted by molar-refractivity contribution is 0.968. The topological polar surface area (TPSA) is 25.8 Å². The molecule has 4 aromatic rings. The zero-order valence-electron chi connectivity index (χ0n) is 11.7. The van der Waals surface area contributed by atoms with Gasteiger partial charge in [-0.15, -0.1) is 11.3 Å². The molecular weight excluding hydrogens is 276 g/mol. The molecular formula is C18H14N2S. The Hall–Kier alpha value is -2.26. The van der Waals surface area contributed by atoms with Crippen LogP contribution in [0.15, 0.2) is 54.6 Å². The van der Waals surface area contributed by atoms with Crippen molar-refractivity contribution in [1.29, 1.82) is 0 Å². The van der Waals surface area contributed by atoms with Crippen molar-refractivity contribution in [1.82, 2.24) is 9.97 Å². The predicted molar refractivity (Wildman–Crippen MR) is 89.7 cm³/mol. The van der Waals surface area contributed by atoms with Crippen molar-refractivity contribution in [3.05, 3.63) is 60.4 Å². The highest BCUT2D eigenvalue weighted by atomic mass is 32.1. The molecule has 0 atom stereocenters. The Morgan fingerprint density at radius 3 is 2.48 bits per heavy atom. The molecule has 3 heteroatoms. The number of thiophene rings is 1. The zero-order chi connectivity index (χ0) is 14.2. The van der Waals surface area contributed by atoms with E-state index in [2.05, 4.69) is 55.5 Å². The molecule has 0 fully saturated rings. The average molecular weight is 290 g/mol. The van der Waals surface area contributed by atoms with Gasteiger partial charge >= 0.3 is 0 Å². The fourth-order valence-electron chi connectivity index (χ4n) is 2.63. The van der Waals surface area contributed by atoms with Crippen LogP contribution in [-0.4, -0.2) is 9.97 Å². The highest BCUT2D eigenvalue weighted by Crippen LogP contribution is 2.37. The van der Waals surface area contributed by atoms with Gasteiger partial charge in [0.2, 0.25) is 0 Å². The van der Waals surface area contributed by atoms with Crippen LogP contribution in [0.2, 0.25) is 0 Å². The van der Waals surface area contributed by atoms with Gasteiger partial charge in [-0.05, 0) is 6.07 Å². The van der Waals surface area contributed by atoms with Crippen LogP contribution in [0.5, 0.6) is 0 Å². The summed E-state index contributed by atoms with van der Waals surface area (Å²) >= 11 is 1.75. The minimum absolute atomic E-state index is 0.851. The number of nitrogens with zero attached hydrogens (tertiary/aromatic N) is 2. The summed E-state index contributed by atoms with van der Waals surface area (Å²) in [5.41, 5.74) is 2.21. The van der Waals surface area contributed by atoms with Crippen LogP contribution in [-0.2, 0) is 6.42 Å². The van der Waals surface area contributed by atoms with E-state index in [1.165, 1.54) is 15.5 Å². The summed E-state index contributed by atoms with van der Waals surface area (Å²) in [6, 6.07) is 18.9. The molecule has 0 aliphatic heterocycles. The Bertz CT molecular complexity index is 926. The van der Waals surface area contributed by atoms with Gasteiger partial charge in [0.05, 0.1) is 5.69 Å². The van der Waals surface area contributed by atoms with Crippen LogP contribution in [0.3, 0.4) is 0 Å². The molecule has 0 spiro atoms. The third-order valence-corrected chi connectivity index (χ3v) is 4.71. The maximum Gasteiger partial charge on any atom is 0.130 e. The van der Waals surface area contributed by atoms with Crippen LogP contribution in [0.25, 0.3) is 31.6 Å². The summed E-state index contributed by atoms with van der Waals surface area (Å²) in [7, 11) is 0. The molecule has 102 valence electrons. The van der Waals surface area contributed by atoms with Gasteiger partial charge < -0.3 is 0 Å². The standard InChI is InChI=1S/C18H14N2S/c1-2-15-19-17(12-8-4-3-5-9-12)16-13-10-6-7-11-14(13)21-18(16)20-15/h3-11H,2H2,1H3. The lowest BCUT2D eigenvalue weighted by Gasteiger charge is -2.05. The molecule has 0 bridgehead atoms. The van der Waals surface area contributed by atoms with Crippen LogP contribution >= 0.6 is 11.3 Å². The van der Waals surface area contributed by atoms with E-state index < -0.39 is 0 Å². The minimum atomic E-state index is 0.851. The summed E-state index contributed by atoms with van der Waals surface area (Å²) in [6.45, 7) is 2.10. The van der Waals surface area contributed by atoms with Crippen molar-refractivity contribution >= 4 is 31.6 Å². The van der Waals surface area contributed by atoms with E-state index in [0.29, 0.717) is 0 Å². The molecule has 2 heterocycles. The molecule has 0 N–H and O–H groups in total. The molecule has 2 aromatic carbocycles. The Kier molecular flexibility index (Phi) is 2.93. The van der Waals surface area contributed by atoms with E-state index in [0.717, 1.165) is 28.3 Å². The fraction of sp³-hybridized carbons (Fsp3) is 0.111. The Morgan fingerprint density at radius 1 is 0.905 bits per heavy atom. The van der Waals surface area contributed by atoms with E-state index in [1.54, 1.807) is 11.3 Å². The second-order valence-electron chi connectivity index (χ2n) is 4.99. The molecule has 0 amide bonds. The van der Waals surface area contributed by atoms with Gasteiger partial charge in [0.15, 0.2) is 0 Å². The lowest BCUT2D eigenvalue weighted by atomic mass is 10.1. The number of hydrogen-bond acceptors (Lipinski definition) is 3. The Balaban J connectivity index is 2.16. The first-order valence-electron chi connectivity index (χ1n) is 7.10. The molecule has 0 radical (unpaired) electrons. The van der Waals surface area contributed by atoms with Crippen molar-refractivity contribution in [2.45, 2.75) is 13.3 Å². The average Bonchev–Trinajstić information content (AvgIpc) is 2.93. The van der Waals surface area contributed by atoms with E-state index >= 15 is 0 Å². The van der Waals surface area contributed by atoms with Crippen LogP contribution in [0.4, 0.5) is 0 Å². The quantitative estimate of drug-likeness (QED) is 0.515. The van der Waals surface area contributed by atoms with Gasteiger partial charge in [-0.1, -0.05) is 55.5 Å². The lowest BCUT2D eigenvalue weighted by Crippen LogP contribution is -1.95. The first-order chi connectivity index (χ1) is 10.4. The molecule has 0 saturated heterocycles. The zero-order valence-corrected chi connectivity index (χ0v) is 12.5. The second-order valence-corrected chi connectivity index (χ2v) is 6.02. The van der Waals surface area contributed by atoms with Crippen molar-refractivity contribution in [2.24, 2.45) is 0 Å². The number of aryl methyl sites for hydroxylation is 1. The Morgan fingerprint density at radius 2 is 1.67 bits per heavy atom. The number of benzene rings is 2. The first kappa shape index (κ1) is 12.5. The molecule has 0 saturated carbocycles. The van der Waals surface area contributed by atoms with Crippen molar-refractivity contribution in [3.63, 3.8) is 0 Å². The van der Waals surface area contributed by atoms with E-state index in [9.17, 15) is 0 Å². The van der Waals surface area contributed by atoms with Crippen LogP contribution in [0.1, 0.15) is 12.7 Å². The summed E-state index contributed by atoms with van der Waals surface area (Å²) in [5, 5.41) is 2.43. The fourth-order valence-corrected chi connectivity index (χ4v) is 3.73. The van der Waals surface area contributed by atoms with Gasteiger partial charge in [0.1, 0.15) is 10.7 Å². The van der Waals surface area contributed by atoms with Crippen molar-refractivity contribution < 1.29 is 0 Å². The van der Waals surface area contributed by atoms with Crippen LogP contribution in [0, 0.1) is 0 Å². The smallest absolute Gasteiger partial charge is 0.130 e. The van der Waals surface area contributed by atoms with E-state index in [-0.39, 0.29) is 0 Å². The molecule has 0 aliphatic carbocycles. The first-order valence-corrected chi connectivity index (χ1v) is 7.92. The van der Waals surface area contributed by atoms with Gasteiger partial charge in [-0.2, -0.15) is 0 Å². The van der Waals surface area contributed by atoms with Gasteiger partial charge in [0.25, 0.3) is 0 Å². The van der Waals surface area contributed by atoms with Gasteiger partial charge in [-0.3, -0.25) is 0 Å². The minimum Gasteiger partial charge on any atom is -0.232 e. The SMILES string of the molecule is CCc1nc(-c2ccccc2)c2c(n1)sc1ccccc12. The third-order valence-electron chi connectivity index (χ3n) is 3.65. The molecule has 21 heavy (non-hydrogen) atoms. The molecule has 0 unspecified atom stereocenters. The van der Waals surface area contributed by atoms with Gasteiger partial charge in [-0.25, -0.2) is 9.97 Å². The maximum atomic E-state index is 4.81. The summed E-state index contributed by atoms with van der Waals surface area (Å²) in [5.74, 6) is 0.910. The van der Waals surface area contributed by atoms with Crippen molar-refractivity contribution in [2.75, 3.05) is 0 Å². The normalized spacial score (nSPS) is 11.3. The number of hydrogen-bond donors (Lipinski definition) is 0. The molecule has 4 rings (SSSR count). The van der Waals surface area contributed by atoms with Gasteiger partial charge in [0, 0.05) is 27.5 Å². The summed E-state index contributed by atoms with van der Waals surface area (Å²) in [6.07, 6.45) is 0.851. The summed E-state index contributed by atoms with van der Waals surface area (Å²) < 4.78 is 1.27. The second kappa shape index (κ2) is 4.93. The maximum absolute atomic E-state index is 4.81. The largest absolute Gasteiger partial charge is 0.232 e. The predicted octanol–water partition coefficient (Wildman–Crippen LogP) is 5.07. The molecule has 2 aromatic heterocycles. The molecule has 2 nitrogen and oxygen atoms in total. The van der Waals surface area contributed by atoms with E-state index in [4.69, 9.17) is 9.97 Å². The Labute approximate surface area is 127 Å². The number of aromatic nitrogens is 2. The highest BCUT2D eigenvalue weighted by Gasteiger charge is 2.14. The number of fused-ring (bicyclic) bond motifs is 3. The monoisotopic (exact) mass is 290 g/mol. The third kappa shape index (κ3) is 2.01. The van der Waals surface area contributed by atoms with Crippen LogP contribution < -0.4 is 0 Å².